The standard InChI is InChI=1S/C8H10Br2N2OS/c9-6-4-5(7(10)14-6)8(13)12-3-1-2-11/h4H,1-3,11H2,(H,12,13). The van der Waals surface area contributed by atoms with Crippen LogP contribution in [0.25, 0.3) is 0 Å². The lowest BCUT2D eigenvalue weighted by atomic mass is 10.3. The van der Waals surface area contributed by atoms with Crippen molar-refractivity contribution in [3.8, 4) is 0 Å². The van der Waals surface area contributed by atoms with Crippen molar-refractivity contribution < 1.29 is 4.79 Å². The van der Waals surface area contributed by atoms with Crippen LogP contribution >= 0.6 is 43.2 Å². The quantitative estimate of drug-likeness (QED) is 0.826. The zero-order chi connectivity index (χ0) is 10.6. The molecule has 0 aliphatic carbocycles. The van der Waals surface area contributed by atoms with Crippen LogP contribution in [0.15, 0.2) is 13.6 Å². The molecule has 0 atom stereocenters. The molecule has 6 heteroatoms. The van der Waals surface area contributed by atoms with Crippen LogP contribution in [0.3, 0.4) is 0 Å². The molecule has 3 N–H and O–H groups in total. The highest BCUT2D eigenvalue weighted by atomic mass is 79.9. The average molecular weight is 342 g/mol. The van der Waals surface area contributed by atoms with Gasteiger partial charge < -0.3 is 11.1 Å². The Labute approximate surface area is 103 Å². The molecule has 0 unspecified atom stereocenters. The minimum absolute atomic E-state index is 0.0627. The van der Waals surface area contributed by atoms with Gasteiger partial charge in [-0.25, -0.2) is 0 Å². The summed E-state index contributed by atoms with van der Waals surface area (Å²) in [6.07, 6.45) is 0.800. The van der Waals surface area contributed by atoms with Gasteiger partial charge in [0.15, 0.2) is 0 Å². The maximum atomic E-state index is 11.6. The molecule has 1 rings (SSSR count). The fourth-order valence-electron chi connectivity index (χ4n) is 0.894. The molecule has 0 radical (unpaired) electrons. The van der Waals surface area contributed by atoms with E-state index in [0.717, 1.165) is 14.0 Å². The number of nitrogens with two attached hydrogens (primary N) is 1. The fourth-order valence-corrected chi connectivity index (χ4v) is 3.69. The van der Waals surface area contributed by atoms with E-state index < -0.39 is 0 Å². The predicted octanol–water partition coefficient (Wildman–Crippen LogP) is 2.35. The molecule has 0 aliphatic rings. The minimum Gasteiger partial charge on any atom is -0.352 e. The van der Waals surface area contributed by atoms with Crippen LogP contribution in [-0.4, -0.2) is 19.0 Å². The topological polar surface area (TPSA) is 55.1 Å². The molecular weight excluding hydrogens is 332 g/mol. The number of carbonyl (C=O) groups excluding carboxylic acids is 1. The van der Waals surface area contributed by atoms with Crippen molar-refractivity contribution in [1.82, 2.24) is 5.32 Å². The van der Waals surface area contributed by atoms with Gasteiger partial charge in [-0.15, -0.1) is 11.3 Å². The molecule has 0 aliphatic heterocycles. The summed E-state index contributed by atoms with van der Waals surface area (Å²) in [5.41, 5.74) is 5.99. The molecule has 14 heavy (non-hydrogen) atoms. The summed E-state index contributed by atoms with van der Waals surface area (Å²) in [5.74, 6) is -0.0627. The van der Waals surface area contributed by atoms with Gasteiger partial charge in [-0.2, -0.15) is 0 Å². The first-order valence-corrected chi connectivity index (χ1v) is 6.48. The van der Waals surface area contributed by atoms with E-state index in [4.69, 9.17) is 5.73 Å². The lowest BCUT2D eigenvalue weighted by Gasteiger charge is -2.02. The van der Waals surface area contributed by atoms with Gasteiger partial charge in [-0.1, -0.05) is 0 Å². The summed E-state index contributed by atoms with van der Waals surface area (Å²) < 4.78 is 1.78. The Kier molecular flexibility index (Phi) is 5.08. The molecule has 1 heterocycles. The molecule has 78 valence electrons. The van der Waals surface area contributed by atoms with Crippen LogP contribution in [0.5, 0.6) is 0 Å². The molecule has 0 saturated carbocycles. The molecule has 0 bridgehead atoms. The Bertz CT molecular complexity index is 327. The van der Waals surface area contributed by atoms with Gasteiger partial charge in [0.05, 0.1) is 13.1 Å². The van der Waals surface area contributed by atoms with E-state index in [0.29, 0.717) is 18.7 Å². The summed E-state index contributed by atoms with van der Waals surface area (Å²) in [6, 6.07) is 1.80. The normalized spacial score (nSPS) is 10.2. The fraction of sp³-hybridized carbons (Fsp3) is 0.375. The Balaban J connectivity index is 2.56. The molecule has 1 amide bonds. The number of halogens is 2. The largest absolute Gasteiger partial charge is 0.352 e. The highest BCUT2D eigenvalue weighted by molar-refractivity contribution is 9.12. The molecule has 1 aromatic heterocycles. The second-order valence-corrected chi connectivity index (χ2v) is 6.39. The van der Waals surface area contributed by atoms with E-state index in [9.17, 15) is 4.79 Å². The van der Waals surface area contributed by atoms with Gasteiger partial charge in [-0.3, -0.25) is 4.79 Å². The Morgan fingerprint density at radius 2 is 2.29 bits per heavy atom. The third-order valence-corrected chi connectivity index (χ3v) is 3.91. The molecule has 0 spiro atoms. The van der Waals surface area contributed by atoms with E-state index in [2.05, 4.69) is 37.2 Å². The van der Waals surface area contributed by atoms with Gasteiger partial charge in [0.25, 0.3) is 5.91 Å². The number of hydrogen-bond acceptors (Lipinski definition) is 3. The predicted molar refractivity (Wildman–Crippen MR) is 65.7 cm³/mol. The maximum Gasteiger partial charge on any atom is 0.253 e. The third kappa shape index (κ3) is 3.34. The van der Waals surface area contributed by atoms with Crippen molar-refractivity contribution in [2.45, 2.75) is 6.42 Å². The van der Waals surface area contributed by atoms with Crippen LogP contribution in [-0.2, 0) is 0 Å². The molecule has 0 aromatic carbocycles. The first-order valence-electron chi connectivity index (χ1n) is 4.08. The average Bonchev–Trinajstić information content (AvgIpc) is 2.45. The summed E-state index contributed by atoms with van der Waals surface area (Å²) in [7, 11) is 0. The van der Waals surface area contributed by atoms with Crippen molar-refractivity contribution >= 4 is 49.1 Å². The smallest absolute Gasteiger partial charge is 0.253 e. The second kappa shape index (κ2) is 5.85. The van der Waals surface area contributed by atoms with Gasteiger partial charge >= 0.3 is 0 Å². The van der Waals surface area contributed by atoms with Crippen LogP contribution in [0.2, 0.25) is 0 Å². The van der Waals surface area contributed by atoms with Crippen molar-refractivity contribution in [3.05, 3.63) is 19.2 Å². The molecule has 3 nitrogen and oxygen atoms in total. The number of hydrogen-bond donors (Lipinski definition) is 2. The van der Waals surface area contributed by atoms with Gasteiger partial charge in [0, 0.05) is 6.54 Å². The van der Waals surface area contributed by atoms with Crippen LogP contribution < -0.4 is 11.1 Å². The minimum atomic E-state index is -0.0627. The summed E-state index contributed by atoms with van der Waals surface area (Å²) in [5, 5.41) is 2.79. The number of rotatable bonds is 4. The second-order valence-electron chi connectivity index (χ2n) is 2.64. The van der Waals surface area contributed by atoms with Crippen molar-refractivity contribution in [2.75, 3.05) is 13.1 Å². The molecule has 0 saturated heterocycles. The Morgan fingerprint density at radius 1 is 1.57 bits per heavy atom. The van der Waals surface area contributed by atoms with E-state index in [1.165, 1.54) is 11.3 Å². The van der Waals surface area contributed by atoms with E-state index in [1.807, 2.05) is 0 Å². The zero-order valence-electron chi connectivity index (χ0n) is 7.35. The van der Waals surface area contributed by atoms with Gasteiger partial charge in [-0.05, 0) is 50.9 Å². The lowest BCUT2D eigenvalue weighted by Crippen LogP contribution is -2.25. The number of carbonyl (C=O) groups is 1. The molecule has 1 aromatic rings. The van der Waals surface area contributed by atoms with Gasteiger partial charge in [0.2, 0.25) is 0 Å². The Hall–Kier alpha value is 0.0900. The molecular formula is C8H10Br2N2OS. The summed E-state index contributed by atoms with van der Waals surface area (Å²) in [4.78, 5) is 11.6. The zero-order valence-corrected chi connectivity index (χ0v) is 11.3. The number of amides is 1. The van der Waals surface area contributed by atoms with Crippen molar-refractivity contribution in [1.29, 1.82) is 0 Å². The monoisotopic (exact) mass is 340 g/mol. The first-order chi connectivity index (χ1) is 6.65. The Morgan fingerprint density at radius 3 is 2.79 bits per heavy atom. The van der Waals surface area contributed by atoms with E-state index in [-0.39, 0.29) is 5.91 Å². The maximum absolute atomic E-state index is 11.6. The van der Waals surface area contributed by atoms with Crippen LogP contribution in [0.4, 0.5) is 0 Å². The highest BCUT2D eigenvalue weighted by Gasteiger charge is 2.12. The molecule has 0 fully saturated rings. The van der Waals surface area contributed by atoms with Crippen molar-refractivity contribution in [2.24, 2.45) is 5.73 Å². The van der Waals surface area contributed by atoms with Crippen LogP contribution in [0.1, 0.15) is 16.8 Å². The van der Waals surface area contributed by atoms with Gasteiger partial charge in [0.1, 0.15) is 0 Å². The summed E-state index contributed by atoms with van der Waals surface area (Å²) in [6.45, 7) is 1.21. The van der Waals surface area contributed by atoms with Crippen LogP contribution in [0, 0.1) is 0 Å². The van der Waals surface area contributed by atoms with E-state index in [1.54, 1.807) is 6.07 Å². The lowest BCUT2D eigenvalue weighted by molar-refractivity contribution is 0.0953. The number of thiophene rings is 1. The first kappa shape index (κ1) is 12.2. The third-order valence-electron chi connectivity index (χ3n) is 1.57. The number of nitrogens with one attached hydrogen (secondary N) is 1. The highest BCUT2D eigenvalue weighted by Crippen LogP contribution is 2.31. The van der Waals surface area contributed by atoms with E-state index >= 15 is 0 Å². The SMILES string of the molecule is NCCCNC(=O)c1cc(Br)sc1Br. The summed E-state index contributed by atoms with van der Waals surface area (Å²) >= 11 is 8.14. The van der Waals surface area contributed by atoms with Crippen molar-refractivity contribution in [3.63, 3.8) is 0 Å².